The molecule has 0 aliphatic carbocycles. The minimum atomic E-state index is -0.966. The molecule has 3 N–H and O–H groups in total. The minimum absolute atomic E-state index is 0.0515. The molecule has 0 bridgehead atoms. The molecule has 6 nitrogen and oxygen atoms in total. The van der Waals surface area contributed by atoms with Crippen LogP contribution < -0.4 is 10.6 Å². The van der Waals surface area contributed by atoms with Crippen LogP contribution in [-0.2, 0) is 11.3 Å². The first-order valence-electron chi connectivity index (χ1n) is 6.79. The fourth-order valence-electron chi connectivity index (χ4n) is 1.75. The molecule has 0 fully saturated rings. The summed E-state index contributed by atoms with van der Waals surface area (Å²) in [5.74, 6) is -0.697. The number of carboxylic acid groups (broad SMARTS) is 1. The second-order valence-electron chi connectivity index (χ2n) is 5.13. The Bertz CT molecular complexity index is 471. The monoisotopic (exact) mass is 294 g/mol. The van der Waals surface area contributed by atoms with Crippen molar-refractivity contribution >= 4 is 12.0 Å². The Morgan fingerprint density at radius 2 is 1.86 bits per heavy atom. The van der Waals surface area contributed by atoms with Gasteiger partial charge < -0.3 is 20.5 Å². The summed E-state index contributed by atoms with van der Waals surface area (Å²) in [6.45, 7) is 4.81. The molecule has 0 heterocycles. The lowest BCUT2D eigenvalue weighted by Crippen LogP contribution is -2.46. The number of urea groups is 1. The number of ether oxygens (including phenoxy) is 1. The maximum atomic E-state index is 11.8. The summed E-state index contributed by atoms with van der Waals surface area (Å²) >= 11 is 0. The van der Waals surface area contributed by atoms with E-state index in [1.54, 1.807) is 19.2 Å². The number of amides is 2. The number of carboxylic acids is 1. The number of hydrogen-bond acceptors (Lipinski definition) is 3. The molecule has 1 rings (SSSR count). The Kier molecular flexibility index (Phi) is 6.68. The van der Waals surface area contributed by atoms with Gasteiger partial charge in [-0.1, -0.05) is 26.0 Å². The molecule has 0 saturated heterocycles. The molecule has 1 unspecified atom stereocenters. The average Bonchev–Trinajstić information content (AvgIpc) is 2.45. The van der Waals surface area contributed by atoms with Gasteiger partial charge >= 0.3 is 12.0 Å². The molecular weight excluding hydrogens is 272 g/mol. The van der Waals surface area contributed by atoms with Crippen LogP contribution in [-0.4, -0.2) is 36.9 Å². The molecular formula is C15H22N2O4. The molecule has 1 aromatic carbocycles. The zero-order valence-electron chi connectivity index (χ0n) is 12.6. The van der Waals surface area contributed by atoms with Gasteiger partial charge in [0.25, 0.3) is 0 Å². The van der Waals surface area contributed by atoms with E-state index in [1.165, 1.54) is 12.1 Å². The summed E-state index contributed by atoms with van der Waals surface area (Å²) < 4.78 is 5.07. The second-order valence-corrected chi connectivity index (χ2v) is 5.13. The minimum Gasteiger partial charge on any atom is -0.478 e. The van der Waals surface area contributed by atoms with Gasteiger partial charge in [-0.25, -0.2) is 9.59 Å². The number of carbonyl (C=O) groups excluding carboxylic acids is 1. The molecule has 21 heavy (non-hydrogen) atoms. The van der Waals surface area contributed by atoms with Gasteiger partial charge in [-0.15, -0.1) is 0 Å². The third-order valence-corrected chi connectivity index (χ3v) is 3.12. The maximum absolute atomic E-state index is 11.8. The highest BCUT2D eigenvalue weighted by Gasteiger charge is 2.15. The van der Waals surface area contributed by atoms with Crippen molar-refractivity contribution in [3.05, 3.63) is 35.4 Å². The van der Waals surface area contributed by atoms with E-state index in [0.29, 0.717) is 13.2 Å². The van der Waals surface area contributed by atoms with E-state index < -0.39 is 5.97 Å². The standard InChI is InChI=1S/C15H22N2O4/c1-10(2)13(9-21-3)17-15(20)16-8-11-4-6-12(7-5-11)14(18)19/h4-7,10,13H,8-9H2,1-3H3,(H,18,19)(H2,16,17,20). The predicted octanol–water partition coefficient (Wildman–Crippen LogP) is 1.85. The molecule has 1 aromatic rings. The van der Waals surface area contributed by atoms with Crippen molar-refractivity contribution in [2.45, 2.75) is 26.4 Å². The Labute approximate surface area is 124 Å². The van der Waals surface area contributed by atoms with Crippen LogP contribution in [0.3, 0.4) is 0 Å². The van der Waals surface area contributed by atoms with Crippen LogP contribution in [0.4, 0.5) is 4.79 Å². The number of methoxy groups -OCH3 is 1. The molecule has 0 radical (unpaired) electrons. The quantitative estimate of drug-likeness (QED) is 0.716. The van der Waals surface area contributed by atoms with E-state index in [-0.39, 0.29) is 23.6 Å². The van der Waals surface area contributed by atoms with Gasteiger partial charge in [-0.05, 0) is 23.6 Å². The van der Waals surface area contributed by atoms with Crippen LogP contribution >= 0.6 is 0 Å². The van der Waals surface area contributed by atoms with Crippen molar-refractivity contribution in [3.8, 4) is 0 Å². The SMILES string of the molecule is COCC(NC(=O)NCc1ccc(C(=O)O)cc1)C(C)C. The molecule has 2 amide bonds. The molecule has 0 spiro atoms. The number of carbonyl (C=O) groups is 2. The first kappa shape index (κ1) is 17.0. The van der Waals surface area contributed by atoms with Gasteiger partial charge in [0.2, 0.25) is 0 Å². The van der Waals surface area contributed by atoms with E-state index in [0.717, 1.165) is 5.56 Å². The van der Waals surface area contributed by atoms with Crippen LogP contribution in [0, 0.1) is 5.92 Å². The Balaban J connectivity index is 2.46. The summed E-state index contributed by atoms with van der Waals surface area (Å²) in [7, 11) is 1.60. The van der Waals surface area contributed by atoms with Crippen molar-refractivity contribution in [1.82, 2.24) is 10.6 Å². The average molecular weight is 294 g/mol. The highest BCUT2D eigenvalue weighted by molar-refractivity contribution is 5.87. The van der Waals surface area contributed by atoms with Gasteiger partial charge in [-0.2, -0.15) is 0 Å². The normalized spacial score (nSPS) is 12.0. The largest absolute Gasteiger partial charge is 0.478 e. The van der Waals surface area contributed by atoms with Crippen molar-refractivity contribution in [2.24, 2.45) is 5.92 Å². The third-order valence-electron chi connectivity index (χ3n) is 3.12. The zero-order chi connectivity index (χ0) is 15.8. The van der Waals surface area contributed by atoms with Crippen LogP contribution in [0.5, 0.6) is 0 Å². The third kappa shape index (κ3) is 5.83. The molecule has 0 aliphatic rings. The number of nitrogens with one attached hydrogen (secondary N) is 2. The van der Waals surface area contributed by atoms with Gasteiger partial charge in [0.05, 0.1) is 18.2 Å². The van der Waals surface area contributed by atoms with Crippen LogP contribution in [0.15, 0.2) is 24.3 Å². The van der Waals surface area contributed by atoms with Crippen molar-refractivity contribution in [2.75, 3.05) is 13.7 Å². The van der Waals surface area contributed by atoms with Crippen molar-refractivity contribution in [1.29, 1.82) is 0 Å². The lowest BCUT2D eigenvalue weighted by molar-refractivity contribution is 0.0697. The van der Waals surface area contributed by atoms with Crippen molar-refractivity contribution < 1.29 is 19.4 Å². The fourth-order valence-corrected chi connectivity index (χ4v) is 1.75. The lowest BCUT2D eigenvalue weighted by Gasteiger charge is -2.21. The van der Waals surface area contributed by atoms with Crippen LogP contribution in [0.2, 0.25) is 0 Å². The van der Waals surface area contributed by atoms with Gasteiger partial charge in [0.15, 0.2) is 0 Å². The highest BCUT2D eigenvalue weighted by atomic mass is 16.5. The Morgan fingerprint density at radius 1 is 1.24 bits per heavy atom. The summed E-state index contributed by atoms with van der Waals surface area (Å²) in [5.41, 5.74) is 1.06. The number of rotatable bonds is 7. The van der Waals surface area contributed by atoms with E-state index in [9.17, 15) is 9.59 Å². The van der Waals surface area contributed by atoms with Gasteiger partial charge in [-0.3, -0.25) is 0 Å². The number of benzene rings is 1. The molecule has 0 aliphatic heterocycles. The van der Waals surface area contributed by atoms with Gasteiger partial charge in [0.1, 0.15) is 0 Å². The van der Waals surface area contributed by atoms with Crippen molar-refractivity contribution in [3.63, 3.8) is 0 Å². The van der Waals surface area contributed by atoms with Crippen LogP contribution in [0.25, 0.3) is 0 Å². The predicted molar refractivity (Wildman–Crippen MR) is 79.3 cm³/mol. The molecule has 116 valence electrons. The Morgan fingerprint density at radius 3 is 2.33 bits per heavy atom. The maximum Gasteiger partial charge on any atom is 0.335 e. The van der Waals surface area contributed by atoms with E-state index >= 15 is 0 Å². The van der Waals surface area contributed by atoms with Gasteiger partial charge in [0, 0.05) is 13.7 Å². The topological polar surface area (TPSA) is 87.7 Å². The summed E-state index contributed by atoms with van der Waals surface area (Å²) in [6.07, 6.45) is 0. The smallest absolute Gasteiger partial charge is 0.335 e. The van der Waals surface area contributed by atoms with E-state index in [4.69, 9.17) is 9.84 Å². The number of aromatic carboxylic acids is 1. The molecule has 0 aromatic heterocycles. The second kappa shape index (κ2) is 8.26. The van der Waals surface area contributed by atoms with Crippen LogP contribution in [0.1, 0.15) is 29.8 Å². The zero-order valence-corrected chi connectivity index (χ0v) is 12.6. The summed E-state index contributed by atoms with van der Waals surface area (Å²) in [6, 6.07) is 6.06. The Hall–Kier alpha value is -2.08. The summed E-state index contributed by atoms with van der Waals surface area (Å²) in [5, 5.41) is 14.4. The molecule has 6 heteroatoms. The fraction of sp³-hybridized carbons (Fsp3) is 0.467. The summed E-state index contributed by atoms with van der Waals surface area (Å²) in [4.78, 5) is 22.5. The molecule has 0 saturated carbocycles. The number of hydrogen-bond donors (Lipinski definition) is 3. The first-order chi connectivity index (χ1) is 9.93. The highest BCUT2D eigenvalue weighted by Crippen LogP contribution is 2.05. The first-order valence-corrected chi connectivity index (χ1v) is 6.79. The van der Waals surface area contributed by atoms with E-state index in [2.05, 4.69) is 10.6 Å². The van der Waals surface area contributed by atoms with E-state index in [1.807, 2.05) is 13.8 Å². The lowest BCUT2D eigenvalue weighted by atomic mass is 10.1. The molecule has 1 atom stereocenters.